The summed E-state index contributed by atoms with van der Waals surface area (Å²) in [6, 6.07) is -5.83. The number of carbonyl (C=O) groups is 6. The van der Waals surface area contributed by atoms with E-state index < -0.39 is 72.3 Å². The number of amides is 4. The predicted molar refractivity (Wildman–Crippen MR) is 117 cm³/mol. The van der Waals surface area contributed by atoms with Crippen LogP contribution in [0, 0.1) is 0 Å². The third-order valence-corrected chi connectivity index (χ3v) is 4.98. The molecule has 0 aromatic carbocycles. The van der Waals surface area contributed by atoms with Crippen LogP contribution in [0.25, 0.3) is 0 Å². The molecule has 0 heterocycles. The molecule has 4 amide bonds. The van der Waals surface area contributed by atoms with Gasteiger partial charge in [-0.05, 0) is 31.8 Å². The molecule has 0 saturated heterocycles. The summed E-state index contributed by atoms with van der Waals surface area (Å²) < 4.78 is 0. The maximum absolute atomic E-state index is 12.7. The Balaban J connectivity index is 5.53. The van der Waals surface area contributed by atoms with Crippen molar-refractivity contribution in [3.05, 3.63) is 0 Å². The fourth-order valence-electron chi connectivity index (χ4n) is 2.51. The zero-order chi connectivity index (χ0) is 25.7. The number of aliphatic carboxylic acids is 2. The molecule has 0 saturated carbocycles. The van der Waals surface area contributed by atoms with Crippen molar-refractivity contribution in [3.63, 3.8) is 0 Å². The van der Waals surface area contributed by atoms with Crippen LogP contribution in [-0.4, -0.2) is 93.2 Å². The van der Waals surface area contributed by atoms with Crippen LogP contribution in [-0.2, 0) is 28.8 Å². The summed E-state index contributed by atoms with van der Waals surface area (Å²) in [4.78, 5) is 70.9. The van der Waals surface area contributed by atoms with Crippen molar-refractivity contribution >= 4 is 47.3 Å². The number of nitrogens with one attached hydrogen (secondary N) is 3. The van der Waals surface area contributed by atoms with Crippen LogP contribution in [0.15, 0.2) is 0 Å². The molecule has 188 valence electrons. The predicted octanol–water partition coefficient (Wildman–Crippen LogP) is -3.27. The first-order chi connectivity index (χ1) is 15.3. The zero-order valence-electron chi connectivity index (χ0n) is 18.3. The highest BCUT2D eigenvalue weighted by Crippen LogP contribution is 2.05. The molecule has 5 atom stereocenters. The van der Waals surface area contributed by atoms with E-state index in [0.29, 0.717) is 12.2 Å². The van der Waals surface area contributed by atoms with Crippen LogP contribution in [0.1, 0.15) is 32.6 Å². The van der Waals surface area contributed by atoms with E-state index in [0.717, 1.165) is 6.92 Å². The van der Waals surface area contributed by atoms with Gasteiger partial charge in [-0.2, -0.15) is 11.8 Å². The fourth-order valence-corrected chi connectivity index (χ4v) is 3.00. The second-order valence-corrected chi connectivity index (χ2v) is 8.16. The van der Waals surface area contributed by atoms with Gasteiger partial charge in [-0.3, -0.25) is 24.0 Å². The summed E-state index contributed by atoms with van der Waals surface area (Å²) in [6.45, 7) is 1.10. The minimum Gasteiger partial charge on any atom is -0.481 e. The highest BCUT2D eigenvalue weighted by molar-refractivity contribution is 7.98. The topological polar surface area (TPSA) is 251 Å². The molecule has 0 spiro atoms. The lowest BCUT2D eigenvalue weighted by Crippen LogP contribution is -2.58. The van der Waals surface area contributed by atoms with Crippen molar-refractivity contribution in [1.82, 2.24) is 16.0 Å². The molecule has 15 heteroatoms. The number of primary amides is 1. The maximum atomic E-state index is 12.7. The summed E-state index contributed by atoms with van der Waals surface area (Å²) >= 11 is 1.45. The monoisotopic (exact) mass is 493 g/mol. The fraction of sp³-hybridized carbons (Fsp3) is 0.667. The molecule has 0 aromatic heterocycles. The Kier molecular flexibility index (Phi) is 13.7. The minimum atomic E-state index is -1.76. The van der Waals surface area contributed by atoms with E-state index in [1.807, 2.05) is 11.6 Å². The number of rotatable bonds is 16. The van der Waals surface area contributed by atoms with E-state index in [1.165, 1.54) is 11.8 Å². The Bertz CT molecular complexity index is 734. The lowest BCUT2D eigenvalue weighted by atomic mass is 10.1. The van der Waals surface area contributed by atoms with Gasteiger partial charge in [-0.15, -0.1) is 0 Å². The van der Waals surface area contributed by atoms with Gasteiger partial charge < -0.3 is 42.7 Å². The van der Waals surface area contributed by atoms with Crippen LogP contribution in [0.2, 0.25) is 0 Å². The maximum Gasteiger partial charge on any atom is 0.328 e. The molecule has 10 N–H and O–H groups in total. The average Bonchev–Trinajstić information content (AvgIpc) is 2.70. The van der Waals surface area contributed by atoms with Crippen LogP contribution < -0.4 is 27.4 Å². The molecule has 0 bridgehead atoms. The first-order valence-electron chi connectivity index (χ1n) is 9.86. The Morgan fingerprint density at radius 3 is 1.91 bits per heavy atom. The molecule has 5 unspecified atom stereocenters. The second kappa shape index (κ2) is 15.0. The van der Waals surface area contributed by atoms with Gasteiger partial charge in [-0.1, -0.05) is 0 Å². The number of nitrogens with two attached hydrogens (primary N) is 2. The van der Waals surface area contributed by atoms with Crippen molar-refractivity contribution in [3.8, 4) is 0 Å². The Morgan fingerprint density at radius 1 is 0.909 bits per heavy atom. The smallest absolute Gasteiger partial charge is 0.328 e. The first kappa shape index (κ1) is 30.1. The third-order valence-electron chi connectivity index (χ3n) is 4.34. The number of carboxylic acid groups (broad SMARTS) is 2. The number of aliphatic hydroxyl groups is 1. The van der Waals surface area contributed by atoms with Gasteiger partial charge in [-0.25, -0.2) is 4.79 Å². The van der Waals surface area contributed by atoms with Crippen molar-refractivity contribution < 1.29 is 44.1 Å². The molecular weight excluding hydrogens is 462 g/mol. The van der Waals surface area contributed by atoms with E-state index in [4.69, 9.17) is 21.7 Å². The Labute approximate surface area is 194 Å². The molecule has 0 fully saturated rings. The Morgan fingerprint density at radius 2 is 1.45 bits per heavy atom. The molecule has 0 rings (SSSR count). The van der Waals surface area contributed by atoms with Crippen molar-refractivity contribution in [1.29, 1.82) is 0 Å². The number of hydrogen-bond donors (Lipinski definition) is 8. The summed E-state index contributed by atoms with van der Waals surface area (Å²) in [7, 11) is 0. The number of aliphatic hydroxyl groups excluding tert-OH is 1. The van der Waals surface area contributed by atoms with Gasteiger partial charge in [0.15, 0.2) is 6.04 Å². The van der Waals surface area contributed by atoms with E-state index in [1.54, 1.807) is 0 Å². The van der Waals surface area contributed by atoms with E-state index in [2.05, 4.69) is 10.6 Å². The normalized spacial score (nSPS) is 15.3. The third kappa shape index (κ3) is 12.1. The lowest BCUT2D eigenvalue weighted by molar-refractivity contribution is -0.146. The van der Waals surface area contributed by atoms with E-state index >= 15 is 0 Å². The number of carboxylic acids is 2. The van der Waals surface area contributed by atoms with Crippen molar-refractivity contribution in [2.24, 2.45) is 11.5 Å². The van der Waals surface area contributed by atoms with Crippen LogP contribution in [0.4, 0.5) is 0 Å². The van der Waals surface area contributed by atoms with Gasteiger partial charge in [0, 0.05) is 6.42 Å². The van der Waals surface area contributed by atoms with E-state index in [9.17, 15) is 33.9 Å². The molecule has 33 heavy (non-hydrogen) atoms. The second-order valence-electron chi connectivity index (χ2n) is 7.18. The van der Waals surface area contributed by atoms with Gasteiger partial charge in [0.05, 0.1) is 18.6 Å². The molecule has 0 aliphatic carbocycles. The number of carbonyl (C=O) groups excluding carboxylic acids is 4. The molecule has 0 aromatic rings. The first-order valence-corrected chi connectivity index (χ1v) is 11.3. The van der Waals surface area contributed by atoms with E-state index in [-0.39, 0.29) is 12.8 Å². The largest absolute Gasteiger partial charge is 0.481 e. The van der Waals surface area contributed by atoms with Gasteiger partial charge in [0.25, 0.3) is 0 Å². The Hall–Kier alpha value is -2.91. The molecular formula is C18H31N5O9S. The highest BCUT2D eigenvalue weighted by atomic mass is 32.2. The zero-order valence-corrected chi connectivity index (χ0v) is 19.1. The highest BCUT2D eigenvalue weighted by Gasteiger charge is 2.33. The summed E-state index contributed by atoms with van der Waals surface area (Å²) in [5.74, 6) is -6.16. The van der Waals surface area contributed by atoms with Crippen molar-refractivity contribution in [2.45, 2.75) is 62.9 Å². The summed E-state index contributed by atoms with van der Waals surface area (Å²) in [6.07, 6.45) is -0.886. The standard InChI is InChI=1S/C18H31N5O9S/c1-8(24)14(18(31)32)23-17(30)11(7-13(26)27)22-16(29)10(3-4-12(20)25)21-15(28)9(19)5-6-33-2/h8-11,14,24H,3-7,19H2,1-2H3,(H2,20,25)(H,21,28)(H,22,29)(H,23,30)(H,26,27)(H,31,32). The lowest BCUT2D eigenvalue weighted by Gasteiger charge is -2.25. The molecule has 0 radical (unpaired) electrons. The number of thioether (sulfide) groups is 1. The average molecular weight is 494 g/mol. The quantitative estimate of drug-likeness (QED) is 0.106. The molecule has 0 aliphatic heterocycles. The summed E-state index contributed by atoms with van der Waals surface area (Å²) in [5.41, 5.74) is 10.9. The van der Waals surface area contributed by atoms with Crippen LogP contribution >= 0.6 is 11.8 Å². The number of hydrogen-bond acceptors (Lipinski definition) is 9. The minimum absolute atomic E-state index is 0.255. The SMILES string of the molecule is CSCCC(N)C(=O)NC(CCC(N)=O)C(=O)NC(CC(=O)O)C(=O)NC(C(=O)O)C(C)O. The van der Waals surface area contributed by atoms with Gasteiger partial charge in [0.2, 0.25) is 23.6 Å². The van der Waals surface area contributed by atoms with Crippen molar-refractivity contribution in [2.75, 3.05) is 12.0 Å². The van der Waals surface area contributed by atoms with Crippen LogP contribution in [0.3, 0.4) is 0 Å². The van der Waals surface area contributed by atoms with Gasteiger partial charge >= 0.3 is 11.9 Å². The van der Waals surface area contributed by atoms with Gasteiger partial charge in [0.1, 0.15) is 12.1 Å². The summed E-state index contributed by atoms with van der Waals surface area (Å²) in [5, 5.41) is 34.1. The molecule has 0 aliphatic rings. The van der Waals surface area contributed by atoms with Crippen LogP contribution in [0.5, 0.6) is 0 Å². The molecule has 14 nitrogen and oxygen atoms in total.